The molecule has 1 aliphatic heterocycles. The van der Waals surface area contributed by atoms with Gasteiger partial charge in [0.05, 0.1) is 18.4 Å². The van der Waals surface area contributed by atoms with Crippen molar-refractivity contribution in [2.45, 2.75) is 25.8 Å². The number of fused-ring (bicyclic) bond motifs is 1. The Bertz CT molecular complexity index is 843. The lowest BCUT2D eigenvalue weighted by Crippen LogP contribution is -2.36. The van der Waals surface area contributed by atoms with E-state index in [1.54, 1.807) is 4.90 Å². The van der Waals surface area contributed by atoms with Gasteiger partial charge in [-0.1, -0.05) is 42.5 Å². The topological polar surface area (TPSA) is 86.7 Å². The lowest BCUT2D eigenvalue weighted by Gasteiger charge is -2.21. The summed E-state index contributed by atoms with van der Waals surface area (Å²) >= 11 is 0. The highest BCUT2D eigenvalue weighted by molar-refractivity contribution is 5.91. The van der Waals surface area contributed by atoms with Gasteiger partial charge in [-0.3, -0.25) is 14.4 Å². The molecule has 2 aromatic carbocycles. The Morgan fingerprint density at radius 3 is 2.65 bits per heavy atom. The van der Waals surface area contributed by atoms with E-state index in [4.69, 9.17) is 0 Å². The van der Waals surface area contributed by atoms with Crippen molar-refractivity contribution in [1.29, 1.82) is 0 Å². The molecular weight excluding hydrogens is 332 g/mol. The van der Waals surface area contributed by atoms with Gasteiger partial charge < -0.3 is 15.3 Å². The molecule has 6 heteroatoms. The van der Waals surface area contributed by atoms with Crippen LogP contribution in [0.2, 0.25) is 0 Å². The van der Waals surface area contributed by atoms with Crippen molar-refractivity contribution >= 4 is 28.6 Å². The molecular formula is C20H22N2O4. The number of rotatable bonds is 6. The minimum absolute atomic E-state index is 0.0346. The number of carboxylic acid groups (broad SMARTS) is 1. The van der Waals surface area contributed by atoms with E-state index in [2.05, 4.69) is 5.32 Å². The average Bonchev–Trinajstić information content (AvgIpc) is 3.01. The van der Waals surface area contributed by atoms with E-state index in [0.717, 1.165) is 16.3 Å². The molecule has 0 saturated carbocycles. The average molecular weight is 354 g/mol. The van der Waals surface area contributed by atoms with Gasteiger partial charge in [0.15, 0.2) is 0 Å². The van der Waals surface area contributed by atoms with Gasteiger partial charge in [-0.15, -0.1) is 0 Å². The summed E-state index contributed by atoms with van der Waals surface area (Å²) in [6.07, 6.45) is -0.0348. The van der Waals surface area contributed by atoms with Crippen molar-refractivity contribution < 1.29 is 19.5 Å². The highest BCUT2D eigenvalue weighted by Crippen LogP contribution is 2.27. The van der Waals surface area contributed by atoms with Crippen LogP contribution in [-0.4, -0.2) is 40.9 Å². The maximum Gasteiger partial charge on any atom is 0.305 e. The van der Waals surface area contributed by atoms with Gasteiger partial charge in [0.1, 0.15) is 0 Å². The Morgan fingerprint density at radius 2 is 1.96 bits per heavy atom. The Hall–Kier alpha value is -2.89. The zero-order chi connectivity index (χ0) is 18.7. The predicted molar refractivity (Wildman–Crippen MR) is 97.4 cm³/mol. The fourth-order valence-corrected chi connectivity index (χ4v) is 3.51. The van der Waals surface area contributed by atoms with Crippen molar-refractivity contribution in [1.82, 2.24) is 10.2 Å². The van der Waals surface area contributed by atoms with Crippen LogP contribution in [0.3, 0.4) is 0 Å². The first-order valence-electron chi connectivity index (χ1n) is 8.77. The number of carbonyl (C=O) groups excluding carboxylic acids is 2. The quantitative estimate of drug-likeness (QED) is 0.834. The molecule has 136 valence electrons. The Labute approximate surface area is 151 Å². The second kappa shape index (κ2) is 7.56. The molecule has 1 fully saturated rings. The first-order chi connectivity index (χ1) is 12.5. The number of carboxylic acids is 1. The minimum atomic E-state index is -0.985. The number of nitrogens with zero attached hydrogens (tertiary/aromatic N) is 1. The van der Waals surface area contributed by atoms with Crippen LogP contribution < -0.4 is 5.32 Å². The highest BCUT2D eigenvalue weighted by Gasteiger charge is 2.34. The summed E-state index contributed by atoms with van der Waals surface area (Å²) < 4.78 is 0. The van der Waals surface area contributed by atoms with Crippen LogP contribution in [-0.2, 0) is 14.4 Å². The maximum atomic E-state index is 12.7. The third-order valence-electron chi connectivity index (χ3n) is 4.86. The van der Waals surface area contributed by atoms with Crippen molar-refractivity contribution in [3.05, 3.63) is 48.0 Å². The van der Waals surface area contributed by atoms with Gasteiger partial charge in [0.2, 0.25) is 11.8 Å². The van der Waals surface area contributed by atoms with Gasteiger partial charge >= 0.3 is 5.97 Å². The molecule has 0 aromatic heterocycles. The van der Waals surface area contributed by atoms with Gasteiger partial charge in [0.25, 0.3) is 0 Å². The molecule has 0 aliphatic carbocycles. The van der Waals surface area contributed by atoms with E-state index in [9.17, 15) is 19.5 Å². The minimum Gasteiger partial charge on any atom is -0.481 e. The maximum absolute atomic E-state index is 12.7. The molecule has 0 spiro atoms. The number of likely N-dealkylation sites (tertiary alicyclic amines) is 1. The second-order valence-electron chi connectivity index (χ2n) is 6.56. The Morgan fingerprint density at radius 1 is 1.23 bits per heavy atom. The SMILES string of the molecule is CCN1CC(C(=O)N[C@H](CC(=O)O)c2cccc3ccccc23)CC1=O. The van der Waals surface area contributed by atoms with E-state index in [0.29, 0.717) is 13.1 Å². The molecule has 2 amide bonds. The van der Waals surface area contributed by atoms with Crippen LogP contribution in [0.5, 0.6) is 0 Å². The number of nitrogens with one attached hydrogen (secondary N) is 1. The summed E-state index contributed by atoms with van der Waals surface area (Å²) in [5, 5.41) is 14.1. The standard InChI is InChI=1S/C20H22N2O4/c1-2-22-12-14(10-18(22)23)20(26)21-17(11-19(24)25)16-9-5-7-13-6-3-4-8-15(13)16/h3-9,14,17H,2,10-12H2,1H3,(H,21,26)(H,24,25)/t14?,17-/m1/s1. The van der Waals surface area contributed by atoms with E-state index >= 15 is 0 Å². The zero-order valence-electron chi connectivity index (χ0n) is 14.6. The molecule has 1 aliphatic rings. The molecule has 6 nitrogen and oxygen atoms in total. The summed E-state index contributed by atoms with van der Waals surface area (Å²) in [6.45, 7) is 2.84. The summed E-state index contributed by atoms with van der Waals surface area (Å²) in [5.41, 5.74) is 0.774. The first kappa shape index (κ1) is 17.9. The van der Waals surface area contributed by atoms with Gasteiger partial charge in [-0.05, 0) is 23.3 Å². The number of hydrogen-bond donors (Lipinski definition) is 2. The van der Waals surface area contributed by atoms with Crippen LogP contribution >= 0.6 is 0 Å². The van der Waals surface area contributed by atoms with Crippen LogP contribution in [0.25, 0.3) is 10.8 Å². The highest BCUT2D eigenvalue weighted by atomic mass is 16.4. The third kappa shape index (κ3) is 3.69. The number of hydrogen-bond acceptors (Lipinski definition) is 3. The number of carbonyl (C=O) groups is 3. The van der Waals surface area contributed by atoms with E-state index in [1.807, 2.05) is 49.4 Å². The molecule has 1 unspecified atom stereocenters. The summed E-state index contributed by atoms with van der Waals surface area (Å²) in [4.78, 5) is 37.6. The van der Waals surface area contributed by atoms with E-state index in [-0.39, 0.29) is 24.7 Å². The molecule has 26 heavy (non-hydrogen) atoms. The van der Waals surface area contributed by atoms with Crippen LogP contribution in [0.4, 0.5) is 0 Å². The summed E-state index contributed by atoms with van der Waals surface area (Å²) in [6, 6.07) is 12.7. The molecule has 2 N–H and O–H groups in total. The molecule has 0 bridgehead atoms. The molecule has 2 aromatic rings. The van der Waals surface area contributed by atoms with Crippen molar-refractivity contribution in [3.63, 3.8) is 0 Å². The van der Waals surface area contributed by atoms with Crippen LogP contribution in [0.15, 0.2) is 42.5 Å². The van der Waals surface area contributed by atoms with Crippen LogP contribution in [0, 0.1) is 5.92 Å². The summed E-state index contributed by atoms with van der Waals surface area (Å²) in [5.74, 6) is -1.73. The molecule has 1 heterocycles. The van der Waals surface area contributed by atoms with Crippen molar-refractivity contribution in [2.75, 3.05) is 13.1 Å². The fourth-order valence-electron chi connectivity index (χ4n) is 3.51. The third-order valence-corrected chi connectivity index (χ3v) is 4.86. The van der Waals surface area contributed by atoms with Gasteiger partial charge in [-0.2, -0.15) is 0 Å². The summed E-state index contributed by atoms with van der Waals surface area (Å²) in [7, 11) is 0. The number of aliphatic carboxylic acids is 1. The smallest absolute Gasteiger partial charge is 0.305 e. The normalized spacial score (nSPS) is 18.1. The lowest BCUT2D eigenvalue weighted by molar-refractivity contribution is -0.138. The first-order valence-corrected chi connectivity index (χ1v) is 8.77. The fraction of sp³-hybridized carbons (Fsp3) is 0.350. The van der Waals surface area contributed by atoms with E-state index < -0.39 is 17.9 Å². The molecule has 0 radical (unpaired) electrons. The zero-order valence-corrected chi connectivity index (χ0v) is 14.6. The Kier molecular flexibility index (Phi) is 5.21. The molecule has 1 saturated heterocycles. The second-order valence-corrected chi connectivity index (χ2v) is 6.56. The van der Waals surface area contributed by atoms with E-state index in [1.165, 1.54) is 0 Å². The number of amides is 2. The largest absolute Gasteiger partial charge is 0.481 e. The van der Waals surface area contributed by atoms with Gasteiger partial charge in [0, 0.05) is 19.5 Å². The number of benzene rings is 2. The molecule has 3 rings (SSSR count). The van der Waals surface area contributed by atoms with Crippen molar-refractivity contribution in [3.8, 4) is 0 Å². The Balaban J connectivity index is 1.86. The monoisotopic (exact) mass is 354 g/mol. The lowest BCUT2D eigenvalue weighted by atomic mass is 9.96. The van der Waals surface area contributed by atoms with Crippen LogP contribution in [0.1, 0.15) is 31.4 Å². The predicted octanol–water partition coefficient (Wildman–Crippen LogP) is 2.34. The van der Waals surface area contributed by atoms with Gasteiger partial charge in [-0.25, -0.2) is 0 Å². The van der Waals surface area contributed by atoms with Crippen molar-refractivity contribution in [2.24, 2.45) is 5.92 Å². The molecule has 2 atom stereocenters.